The molecule has 3 aromatic rings. The molecule has 0 radical (unpaired) electrons. The first-order valence-corrected chi connectivity index (χ1v) is 11.3. The number of aliphatic imine (C=N–C) groups is 1. The molecule has 1 atom stereocenters. The van der Waals surface area contributed by atoms with Crippen LogP contribution in [-0.4, -0.2) is 51.3 Å². The molecule has 1 saturated heterocycles. The highest BCUT2D eigenvalue weighted by molar-refractivity contribution is 7.99. The Balaban J connectivity index is 1.27. The SMILES string of the molecule is CN=C(NCc1ccc(-n2ccnc2C)nc1)N1CCC(CSc2ccccc2)C1. The quantitative estimate of drug-likeness (QED) is 0.374. The van der Waals surface area contributed by atoms with Gasteiger partial charge in [-0.1, -0.05) is 24.3 Å². The first kappa shape index (κ1) is 20.5. The molecular weight excluding hydrogens is 392 g/mol. The van der Waals surface area contributed by atoms with Crippen LogP contribution in [0.5, 0.6) is 0 Å². The van der Waals surface area contributed by atoms with Crippen LogP contribution in [0.25, 0.3) is 5.82 Å². The van der Waals surface area contributed by atoms with Crippen molar-refractivity contribution in [2.24, 2.45) is 10.9 Å². The fraction of sp³-hybridized carbons (Fsp3) is 0.348. The van der Waals surface area contributed by atoms with Gasteiger partial charge in [0.1, 0.15) is 11.6 Å². The predicted molar refractivity (Wildman–Crippen MR) is 123 cm³/mol. The Bertz CT molecular complexity index is 967. The fourth-order valence-corrected chi connectivity index (χ4v) is 4.74. The molecule has 1 unspecified atom stereocenters. The molecule has 0 saturated carbocycles. The monoisotopic (exact) mass is 420 g/mol. The molecule has 0 bridgehead atoms. The van der Waals surface area contributed by atoms with E-state index in [1.807, 2.05) is 48.8 Å². The van der Waals surface area contributed by atoms with Crippen molar-refractivity contribution in [3.05, 3.63) is 72.4 Å². The number of thioether (sulfide) groups is 1. The average Bonchev–Trinajstić information content (AvgIpc) is 3.43. The average molecular weight is 421 g/mol. The lowest BCUT2D eigenvalue weighted by atomic mass is 10.2. The molecule has 1 aliphatic heterocycles. The number of nitrogens with zero attached hydrogens (tertiary/aromatic N) is 5. The summed E-state index contributed by atoms with van der Waals surface area (Å²) in [5.74, 6) is 4.63. The maximum absolute atomic E-state index is 4.58. The van der Waals surface area contributed by atoms with Gasteiger partial charge < -0.3 is 10.2 Å². The zero-order valence-electron chi connectivity index (χ0n) is 17.5. The molecule has 3 heterocycles. The van der Waals surface area contributed by atoms with Crippen LogP contribution in [0.4, 0.5) is 0 Å². The van der Waals surface area contributed by atoms with E-state index in [0.717, 1.165) is 42.0 Å². The van der Waals surface area contributed by atoms with Crippen molar-refractivity contribution in [3.63, 3.8) is 0 Å². The van der Waals surface area contributed by atoms with Crippen molar-refractivity contribution in [3.8, 4) is 5.82 Å². The molecule has 30 heavy (non-hydrogen) atoms. The smallest absolute Gasteiger partial charge is 0.193 e. The van der Waals surface area contributed by atoms with E-state index in [4.69, 9.17) is 0 Å². The second-order valence-electron chi connectivity index (χ2n) is 7.49. The zero-order chi connectivity index (χ0) is 20.8. The van der Waals surface area contributed by atoms with Crippen LogP contribution in [0, 0.1) is 12.8 Å². The Morgan fingerprint density at radius 1 is 1.20 bits per heavy atom. The number of nitrogens with one attached hydrogen (secondary N) is 1. The standard InChI is InChI=1S/C23H28N6S/c1-18-25-11-13-29(18)22-9-8-19(14-26-22)15-27-23(24-2)28-12-10-20(16-28)17-30-21-6-4-3-5-7-21/h3-9,11,13-14,20H,10,12,15-17H2,1-2H3,(H,24,27). The Morgan fingerprint density at radius 3 is 2.77 bits per heavy atom. The van der Waals surface area contributed by atoms with Gasteiger partial charge in [0.25, 0.3) is 0 Å². The number of aryl methyl sites for hydroxylation is 1. The predicted octanol–water partition coefficient (Wildman–Crippen LogP) is 3.77. The molecule has 7 heteroatoms. The third kappa shape index (κ3) is 5.02. The summed E-state index contributed by atoms with van der Waals surface area (Å²) in [6.45, 7) is 4.79. The number of hydrogen-bond donors (Lipinski definition) is 1. The molecule has 2 aromatic heterocycles. The first-order chi connectivity index (χ1) is 14.7. The van der Waals surface area contributed by atoms with Crippen LogP contribution in [-0.2, 0) is 6.54 Å². The van der Waals surface area contributed by atoms with E-state index < -0.39 is 0 Å². The van der Waals surface area contributed by atoms with E-state index >= 15 is 0 Å². The van der Waals surface area contributed by atoms with Crippen molar-refractivity contribution >= 4 is 17.7 Å². The van der Waals surface area contributed by atoms with Gasteiger partial charge in [-0.3, -0.25) is 9.56 Å². The summed E-state index contributed by atoms with van der Waals surface area (Å²) in [6, 6.07) is 14.8. The van der Waals surface area contributed by atoms with Crippen molar-refractivity contribution in [1.29, 1.82) is 0 Å². The maximum atomic E-state index is 4.58. The van der Waals surface area contributed by atoms with E-state index in [1.165, 1.54) is 11.3 Å². The van der Waals surface area contributed by atoms with Gasteiger partial charge in [0.2, 0.25) is 0 Å². The van der Waals surface area contributed by atoms with Gasteiger partial charge in [0.05, 0.1) is 0 Å². The summed E-state index contributed by atoms with van der Waals surface area (Å²) in [5.41, 5.74) is 1.13. The minimum Gasteiger partial charge on any atom is -0.352 e. The highest BCUT2D eigenvalue weighted by Gasteiger charge is 2.24. The number of imidazole rings is 1. The van der Waals surface area contributed by atoms with E-state index in [1.54, 1.807) is 6.20 Å². The number of guanidine groups is 1. The van der Waals surface area contributed by atoms with Crippen LogP contribution < -0.4 is 5.32 Å². The summed E-state index contributed by atoms with van der Waals surface area (Å²) < 4.78 is 1.98. The molecule has 1 aromatic carbocycles. The number of hydrogen-bond acceptors (Lipinski definition) is 4. The molecule has 1 fully saturated rings. The lowest BCUT2D eigenvalue weighted by molar-refractivity contribution is 0.474. The Morgan fingerprint density at radius 2 is 2.07 bits per heavy atom. The minimum atomic E-state index is 0.688. The summed E-state index contributed by atoms with van der Waals surface area (Å²) in [7, 11) is 1.86. The Kier molecular flexibility index (Phi) is 6.69. The van der Waals surface area contributed by atoms with Crippen LogP contribution in [0.3, 0.4) is 0 Å². The zero-order valence-corrected chi connectivity index (χ0v) is 18.3. The Hall–Kier alpha value is -2.80. The molecule has 156 valence electrons. The van der Waals surface area contributed by atoms with Gasteiger partial charge in [-0.25, -0.2) is 9.97 Å². The largest absolute Gasteiger partial charge is 0.352 e. The van der Waals surface area contributed by atoms with Gasteiger partial charge >= 0.3 is 0 Å². The van der Waals surface area contributed by atoms with Crippen LogP contribution in [0.2, 0.25) is 0 Å². The normalized spacial score (nSPS) is 16.8. The van der Waals surface area contributed by atoms with Gasteiger partial charge in [0, 0.05) is 55.9 Å². The van der Waals surface area contributed by atoms with Crippen LogP contribution in [0.15, 0.2) is 70.9 Å². The van der Waals surface area contributed by atoms with E-state index in [9.17, 15) is 0 Å². The molecular formula is C23H28N6S. The second kappa shape index (κ2) is 9.80. The Labute approximate surface area is 182 Å². The fourth-order valence-electron chi connectivity index (χ4n) is 3.69. The van der Waals surface area contributed by atoms with E-state index in [-0.39, 0.29) is 0 Å². The van der Waals surface area contributed by atoms with Gasteiger partial charge in [0.15, 0.2) is 5.96 Å². The van der Waals surface area contributed by atoms with E-state index in [0.29, 0.717) is 12.5 Å². The molecule has 4 rings (SSSR count). The highest BCUT2D eigenvalue weighted by Crippen LogP contribution is 2.25. The van der Waals surface area contributed by atoms with Crippen LogP contribution >= 0.6 is 11.8 Å². The third-order valence-electron chi connectivity index (χ3n) is 5.36. The summed E-state index contributed by atoms with van der Waals surface area (Å²) >= 11 is 1.95. The lowest BCUT2D eigenvalue weighted by Crippen LogP contribution is -2.39. The molecule has 0 spiro atoms. The van der Waals surface area contributed by atoms with Crippen LogP contribution in [0.1, 0.15) is 17.8 Å². The molecule has 1 N–H and O–H groups in total. The second-order valence-corrected chi connectivity index (χ2v) is 8.59. The summed E-state index contributed by atoms with van der Waals surface area (Å²) in [5, 5.41) is 3.50. The maximum Gasteiger partial charge on any atom is 0.193 e. The summed E-state index contributed by atoms with van der Waals surface area (Å²) in [6.07, 6.45) is 6.84. The number of likely N-dealkylation sites (tertiary alicyclic amines) is 1. The minimum absolute atomic E-state index is 0.688. The number of benzene rings is 1. The van der Waals surface area contributed by atoms with Gasteiger partial charge in [-0.05, 0) is 43.0 Å². The van der Waals surface area contributed by atoms with Crippen molar-refractivity contribution < 1.29 is 0 Å². The molecule has 0 aliphatic carbocycles. The van der Waals surface area contributed by atoms with Crippen molar-refractivity contribution in [2.75, 3.05) is 25.9 Å². The summed E-state index contributed by atoms with van der Waals surface area (Å²) in [4.78, 5) is 17.0. The van der Waals surface area contributed by atoms with Gasteiger partial charge in [-0.2, -0.15) is 0 Å². The molecule has 0 amide bonds. The first-order valence-electron chi connectivity index (χ1n) is 10.3. The van der Waals surface area contributed by atoms with Gasteiger partial charge in [-0.15, -0.1) is 11.8 Å². The number of pyridine rings is 1. The number of aromatic nitrogens is 3. The number of rotatable bonds is 6. The lowest BCUT2D eigenvalue weighted by Gasteiger charge is -2.21. The molecule has 1 aliphatic rings. The molecule has 6 nitrogen and oxygen atoms in total. The van der Waals surface area contributed by atoms with E-state index in [2.05, 4.69) is 61.6 Å². The van der Waals surface area contributed by atoms with Crippen molar-refractivity contribution in [1.82, 2.24) is 24.8 Å². The topological polar surface area (TPSA) is 58.3 Å². The highest BCUT2D eigenvalue weighted by atomic mass is 32.2. The third-order valence-corrected chi connectivity index (χ3v) is 6.60. The van der Waals surface area contributed by atoms with Crippen molar-refractivity contribution in [2.45, 2.75) is 24.8 Å².